The van der Waals surface area contributed by atoms with Crippen molar-refractivity contribution in [3.05, 3.63) is 129 Å². The van der Waals surface area contributed by atoms with Gasteiger partial charge in [-0.15, -0.1) is 0 Å². The van der Waals surface area contributed by atoms with Crippen molar-refractivity contribution < 1.29 is 0 Å². The van der Waals surface area contributed by atoms with E-state index in [1.165, 1.54) is 44.5 Å². The van der Waals surface area contributed by atoms with Crippen molar-refractivity contribution in [3.63, 3.8) is 0 Å². The van der Waals surface area contributed by atoms with E-state index in [-0.39, 0.29) is 5.16 Å². The first kappa shape index (κ1) is 30.4. The van der Waals surface area contributed by atoms with E-state index in [1.807, 2.05) is 12.1 Å². The molecule has 1 aromatic heterocycles. The summed E-state index contributed by atoms with van der Waals surface area (Å²) < 4.78 is 0. The Morgan fingerprint density at radius 3 is 1.20 bits per heavy atom. The summed E-state index contributed by atoms with van der Waals surface area (Å²) >= 11 is 0. The summed E-state index contributed by atoms with van der Waals surface area (Å²) in [6, 6.07) is 30.1. The number of nitrogens with zero attached hydrogens (tertiary/aromatic N) is 3. The Labute approximate surface area is 264 Å². The minimum Gasteiger partial charge on any atom is -0.208 e. The molecule has 2 heterocycles. The van der Waals surface area contributed by atoms with E-state index in [0.717, 1.165) is 28.3 Å². The van der Waals surface area contributed by atoms with Gasteiger partial charge in [-0.25, -0.2) is 15.0 Å². The summed E-state index contributed by atoms with van der Waals surface area (Å²) in [7, 11) is -1.60. The quantitative estimate of drug-likeness (QED) is 0.185. The summed E-state index contributed by atoms with van der Waals surface area (Å²) in [6.45, 7) is 20.8. The lowest BCUT2D eigenvalue weighted by Gasteiger charge is -2.44. The van der Waals surface area contributed by atoms with Crippen molar-refractivity contribution in [2.24, 2.45) is 0 Å². The number of benzene rings is 4. The molecule has 0 radical (unpaired) electrons. The Balaban J connectivity index is 1.79. The van der Waals surface area contributed by atoms with Gasteiger partial charge in [0.05, 0.1) is 0 Å². The van der Waals surface area contributed by atoms with E-state index < -0.39 is 15.1 Å². The second kappa shape index (κ2) is 11.7. The van der Waals surface area contributed by atoms with Crippen LogP contribution in [0.25, 0.3) is 22.8 Å². The summed E-state index contributed by atoms with van der Waals surface area (Å²) in [6.07, 6.45) is 0. The zero-order valence-corrected chi connectivity index (χ0v) is 29.1. The molecule has 5 heteroatoms. The first-order valence-electron chi connectivity index (χ1n) is 15.3. The molecule has 0 N–H and O–H groups in total. The van der Waals surface area contributed by atoms with Gasteiger partial charge in [-0.1, -0.05) is 117 Å². The molecule has 6 rings (SSSR count). The summed E-state index contributed by atoms with van der Waals surface area (Å²) in [5.41, 5.74) is 13.7. The number of hydrogen-bond acceptors (Lipinski definition) is 3. The molecular weight excluding hydrogens is 572 g/mol. The van der Waals surface area contributed by atoms with Crippen LogP contribution in [0.3, 0.4) is 0 Å². The average Bonchev–Trinajstić information content (AvgIpc) is 2.95. The molecule has 4 aromatic carbocycles. The Hall–Kier alpha value is -3.64. The lowest BCUT2D eigenvalue weighted by atomic mass is 10.0. The molecule has 222 valence electrons. The van der Waals surface area contributed by atoms with E-state index in [9.17, 15) is 0 Å². The summed E-state index contributed by atoms with van der Waals surface area (Å²) in [4.78, 5) is 15.7. The Bertz CT molecular complexity index is 1820. The molecule has 1 aliphatic rings. The molecule has 0 amide bonds. The van der Waals surface area contributed by atoms with Crippen LogP contribution in [-0.4, -0.2) is 30.2 Å². The summed E-state index contributed by atoms with van der Waals surface area (Å²) in [5, 5.41) is 3.18. The molecule has 0 atom stereocenters. The van der Waals surface area contributed by atoms with Gasteiger partial charge in [0.25, 0.3) is 0 Å². The average molecular weight is 614 g/mol. The topological polar surface area (TPSA) is 38.7 Å². The zero-order valence-electron chi connectivity index (χ0n) is 27.3. The number of aryl methyl sites for hydroxylation is 6. The molecule has 3 nitrogen and oxygen atoms in total. The minimum absolute atomic E-state index is 0.0733. The smallest absolute Gasteiger partial charge is 0.180 e. The van der Waals surface area contributed by atoms with E-state index >= 15 is 0 Å². The third-order valence-corrected chi connectivity index (χ3v) is 15.1. The van der Waals surface area contributed by atoms with E-state index in [0.29, 0.717) is 0 Å². The first-order valence-corrected chi connectivity index (χ1v) is 18.0. The van der Waals surface area contributed by atoms with E-state index in [4.69, 9.17) is 15.0 Å². The van der Waals surface area contributed by atoms with Crippen molar-refractivity contribution in [2.45, 2.75) is 67.5 Å². The molecule has 0 bridgehead atoms. The third-order valence-electron chi connectivity index (χ3n) is 8.21. The number of aromatic nitrogens is 3. The fourth-order valence-corrected chi connectivity index (χ4v) is 15.8. The monoisotopic (exact) mass is 613 g/mol. The van der Waals surface area contributed by atoms with Gasteiger partial charge in [-0.05, 0) is 95.2 Å². The van der Waals surface area contributed by atoms with Gasteiger partial charge in [-0.2, -0.15) is 0 Å². The molecule has 0 fully saturated rings. The van der Waals surface area contributed by atoms with Crippen LogP contribution in [0.5, 0.6) is 0 Å². The number of hydrogen-bond donors (Lipinski definition) is 0. The van der Waals surface area contributed by atoms with Crippen LogP contribution >= 0.6 is 15.1 Å². The maximum absolute atomic E-state index is 5.35. The highest BCUT2D eigenvalue weighted by atomic mass is 31.2. The lowest BCUT2D eigenvalue weighted by molar-refractivity contribution is 0.796. The van der Waals surface area contributed by atoms with Gasteiger partial charge in [0.15, 0.2) is 17.2 Å². The van der Waals surface area contributed by atoms with Crippen LogP contribution in [0.2, 0.25) is 0 Å². The third kappa shape index (κ3) is 5.53. The predicted molar refractivity (Wildman–Crippen MR) is 193 cm³/mol. The maximum atomic E-state index is 5.35. The zero-order chi connectivity index (χ0) is 31.3. The molecule has 0 spiro atoms. The largest absolute Gasteiger partial charge is 0.208 e. The number of rotatable bonds is 5. The van der Waals surface area contributed by atoms with E-state index in [1.54, 1.807) is 10.1 Å². The fraction of sp³-hybridized carbons (Fsp3) is 0.256. The molecular formula is C39H41N3P2. The standard InChI is InChI=1S/C39H41N3P2/c1-24-20-26(3)32(27(4)21-24)36-43(37(44(36)39(7,8)9)33-28(5)22-25(2)23-29(33)6)38-41-34(30-16-12-10-13-17-30)40-35(42-38)31-18-14-11-15-19-31/h10-23H,1-9H3. The first-order chi connectivity index (χ1) is 20.9. The Kier molecular flexibility index (Phi) is 8.08. The van der Waals surface area contributed by atoms with Crippen LogP contribution in [0.4, 0.5) is 0 Å². The lowest BCUT2D eigenvalue weighted by Crippen LogP contribution is -2.32. The molecule has 0 aliphatic carbocycles. The van der Waals surface area contributed by atoms with Gasteiger partial charge < -0.3 is 0 Å². The van der Waals surface area contributed by atoms with Gasteiger partial charge in [0.2, 0.25) is 0 Å². The van der Waals surface area contributed by atoms with Crippen LogP contribution < -0.4 is 5.57 Å². The van der Waals surface area contributed by atoms with Crippen molar-refractivity contribution >= 4 is 30.7 Å². The second-order valence-corrected chi connectivity index (χ2v) is 18.6. The highest BCUT2D eigenvalue weighted by molar-refractivity contribution is 8.17. The van der Waals surface area contributed by atoms with Crippen molar-refractivity contribution in [1.82, 2.24) is 15.0 Å². The van der Waals surface area contributed by atoms with Crippen molar-refractivity contribution in [2.75, 3.05) is 0 Å². The van der Waals surface area contributed by atoms with Gasteiger partial charge in [0.1, 0.15) is 0 Å². The second-order valence-electron chi connectivity index (χ2n) is 13.1. The normalized spacial score (nSPS) is 15.8. The van der Waals surface area contributed by atoms with Crippen LogP contribution in [0.15, 0.2) is 84.9 Å². The molecule has 44 heavy (non-hydrogen) atoms. The highest BCUT2D eigenvalue weighted by Gasteiger charge is 2.43. The Morgan fingerprint density at radius 2 is 0.864 bits per heavy atom. The predicted octanol–water partition coefficient (Wildman–Crippen LogP) is 9.81. The molecule has 0 saturated carbocycles. The maximum Gasteiger partial charge on any atom is 0.180 e. The van der Waals surface area contributed by atoms with Crippen molar-refractivity contribution in [3.8, 4) is 22.8 Å². The van der Waals surface area contributed by atoms with Crippen LogP contribution in [0.1, 0.15) is 65.3 Å². The molecule has 0 saturated heterocycles. The fourth-order valence-electron chi connectivity index (χ4n) is 6.59. The highest BCUT2D eigenvalue weighted by Crippen LogP contribution is 2.67. The SMILES string of the molecule is Cc1cc(C)c(C2=P(c3nc(-c4ccccc4)nc(-c4ccccc4)n3)=C(c3c(C)cc(C)cc3C)P2C(C)(C)C)c(C)c1. The van der Waals surface area contributed by atoms with Crippen LogP contribution in [-0.2, 0) is 0 Å². The Morgan fingerprint density at radius 1 is 0.500 bits per heavy atom. The minimum atomic E-state index is -0.973. The van der Waals surface area contributed by atoms with E-state index in [2.05, 4.69) is 135 Å². The summed E-state index contributed by atoms with van der Waals surface area (Å²) in [5.74, 6) is 1.47. The van der Waals surface area contributed by atoms with Crippen molar-refractivity contribution in [1.29, 1.82) is 0 Å². The van der Waals surface area contributed by atoms with Crippen LogP contribution in [0, 0.1) is 41.5 Å². The molecule has 0 unspecified atom stereocenters. The molecule has 5 aromatic rings. The van der Waals surface area contributed by atoms with Gasteiger partial charge in [-0.3, -0.25) is 0 Å². The van der Waals surface area contributed by atoms with Gasteiger partial charge >= 0.3 is 0 Å². The van der Waals surface area contributed by atoms with Gasteiger partial charge in [0, 0.05) is 21.2 Å². The molecule has 1 aliphatic heterocycles.